The van der Waals surface area contributed by atoms with E-state index in [1.165, 1.54) is 12.4 Å². The minimum Gasteiger partial charge on any atom is -0.421 e. The van der Waals surface area contributed by atoms with E-state index in [4.69, 9.17) is 10.5 Å². The van der Waals surface area contributed by atoms with Crippen LogP contribution in [0.15, 0.2) is 30.6 Å². The molecule has 1 aromatic carbocycles. The van der Waals surface area contributed by atoms with Crippen LogP contribution in [-0.2, 0) is 6.42 Å². The number of nitrogens with zero attached hydrogens (tertiary/aromatic N) is 2. The summed E-state index contributed by atoms with van der Waals surface area (Å²) in [4.78, 5) is 7.77. The molecule has 6 heteroatoms. The van der Waals surface area contributed by atoms with Crippen LogP contribution < -0.4 is 10.5 Å². The maximum Gasteiger partial charge on any atom is 0.321 e. The van der Waals surface area contributed by atoms with Crippen molar-refractivity contribution < 1.29 is 13.5 Å². The Morgan fingerprint density at radius 1 is 1.17 bits per heavy atom. The van der Waals surface area contributed by atoms with Gasteiger partial charge in [-0.2, -0.15) is 0 Å². The Balaban J connectivity index is 2.15. The van der Waals surface area contributed by atoms with Gasteiger partial charge in [0.25, 0.3) is 0 Å². The molecule has 2 aromatic rings. The summed E-state index contributed by atoms with van der Waals surface area (Å²) >= 11 is 0. The second kappa shape index (κ2) is 5.50. The number of hydrogen-bond acceptors (Lipinski definition) is 4. The van der Waals surface area contributed by atoms with E-state index >= 15 is 0 Å². The maximum atomic E-state index is 13.3. The summed E-state index contributed by atoms with van der Waals surface area (Å²) in [5.74, 6) is -1.52. The minimum atomic E-state index is -0.675. The number of benzene rings is 1. The molecule has 0 atom stereocenters. The highest BCUT2D eigenvalue weighted by molar-refractivity contribution is 5.27. The van der Waals surface area contributed by atoms with E-state index in [0.717, 1.165) is 23.8 Å². The van der Waals surface area contributed by atoms with Crippen LogP contribution in [0, 0.1) is 11.6 Å². The van der Waals surface area contributed by atoms with Crippen LogP contribution in [0.4, 0.5) is 8.78 Å². The number of halogens is 2. The van der Waals surface area contributed by atoms with Crippen molar-refractivity contribution in [1.82, 2.24) is 9.97 Å². The zero-order valence-electron chi connectivity index (χ0n) is 9.44. The lowest BCUT2D eigenvalue weighted by molar-refractivity contribution is 0.406. The van der Waals surface area contributed by atoms with E-state index in [1.807, 2.05) is 0 Å². The summed E-state index contributed by atoms with van der Waals surface area (Å²) in [6.07, 6.45) is 3.72. The normalized spacial score (nSPS) is 10.4. The van der Waals surface area contributed by atoms with Crippen molar-refractivity contribution in [3.05, 3.63) is 47.8 Å². The van der Waals surface area contributed by atoms with E-state index in [0.29, 0.717) is 13.0 Å². The van der Waals surface area contributed by atoms with E-state index in [9.17, 15) is 8.78 Å². The Morgan fingerprint density at radius 3 is 2.56 bits per heavy atom. The lowest BCUT2D eigenvalue weighted by Crippen LogP contribution is -2.04. The molecule has 1 heterocycles. The van der Waals surface area contributed by atoms with Crippen molar-refractivity contribution in [2.75, 3.05) is 6.54 Å². The number of ether oxygens (including phenoxy) is 1. The van der Waals surface area contributed by atoms with Crippen LogP contribution >= 0.6 is 0 Å². The smallest absolute Gasteiger partial charge is 0.321 e. The summed E-state index contributed by atoms with van der Waals surface area (Å²) in [5, 5.41) is 0. The summed E-state index contributed by atoms with van der Waals surface area (Å²) in [7, 11) is 0. The topological polar surface area (TPSA) is 61.0 Å². The van der Waals surface area contributed by atoms with Gasteiger partial charge in [0.1, 0.15) is 5.82 Å². The minimum absolute atomic E-state index is 0.0414. The Kier molecular flexibility index (Phi) is 3.78. The van der Waals surface area contributed by atoms with Crippen molar-refractivity contribution in [3.8, 4) is 11.8 Å². The zero-order valence-corrected chi connectivity index (χ0v) is 9.44. The van der Waals surface area contributed by atoms with Gasteiger partial charge in [0.15, 0.2) is 11.6 Å². The predicted molar refractivity (Wildman–Crippen MR) is 61.2 cm³/mol. The van der Waals surface area contributed by atoms with E-state index in [-0.39, 0.29) is 11.8 Å². The first-order valence-electron chi connectivity index (χ1n) is 5.33. The van der Waals surface area contributed by atoms with Crippen molar-refractivity contribution in [2.24, 2.45) is 5.73 Å². The first kappa shape index (κ1) is 12.4. The second-order valence-electron chi connectivity index (χ2n) is 3.59. The first-order valence-corrected chi connectivity index (χ1v) is 5.33. The van der Waals surface area contributed by atoms with Crippen LogP contribution in [0.5, 0.6) is 11.8 Å². The molecule has 0 aliphatic heterocycles. The molecule has 0 aliphatic carbocycles. The van der Waals surface area contributed by atoms with Crippen molar-refractivity contribution in [3.63, 3.8) is 0 Å². The molecule has 0 bridgehead atoms. The van der Waals surface area contributed by atoms with Gasteiger partial charge in [-0.1, -0.05) is 0 Å². The van der Waals surface area contributed by atoms with Gasteiger partial charge in [-0.15, -0.1) is 0 Å². The molecule has 0 amide bonds. The standard InChI is InChI=1S/C12H11F2N3O/c13-9-1-2-10(14)11(5-9)18-12-16-6-8(3-4-15)7-17-12/h1-2,5-7H,3-4,15H2. The van der Waals surface area contributed by atoms with Crippen LogP contribution in [0.1, 0.15) is 5.56 Å². The molecule has 18 heavy (non-hydrogen) atoms. The number of hydrogen-bond donors (Lipinski definition) is 1. The Hall–Kier alpha value is -2.08. The summed E-state index contributed by atoms with van der Waals surface area (Å²) in [6.45, 7) is 0.488. The van der Waals surface area contributed by atoms with E-state index in [2.05, 4.69) is 9.97 Å². The Bertz CT molecular complexity index is 531. The van der Waals surface area contributed by atoms with Gasteiger partial charge >= 0.3 is 6.01 Å². The molecule has 1 aromatic heterocycles. The third-order valence-electron chi connectivity index (χ3n) is 2.21. The van der Waals surface area contributed by atoms with Gasteiger partial charge < -0.3 is 10.5 Å². The lowest BCUT2D eigenvalue weighted by atomic mass is 10.2. The van der Waals surface area contributed by atoms with E-state index < -0.39 is 11.6 Å². The fraction of sp³-hybridized carbons (Fsp3) is 0.167. The lowest BCUT2D eigenvalue weighted by Gasteiger charge is -2.05. The average molecular weight is 251 g/mol. The molecule has 0 fully saturated rings. The summed E-state index contributed by atoms with van der Waals surface area (Å²) in [6, 6.07) is 2.88. The number of aromatic nitrogens is 2. The monoisotopic (exact) mass is 251 g/mol. The Labute approximate surface area is 102 Å². The molecular weight excluding hydrogens is 240 g/mol. The first-order chi connectivity index (χ1) is 8.69. The third-order valence-corrected chi connectivity index (χ3v) is 2.21. The summed E-state index contributed by atoms with van der Waals surface area (Å²) in [5.41, 5.74) is 6.23. The fourth-order valence-electron chi connectivity index (χ4n) is 1.35. The van der Waals surface area contributed by atoms with Gasteiger partial charge in [-0.25, -0.2) is 18.7 Å². The quantitative estimate of drug-likeness (QED) is 0.903. The van der Waals surface area contributed by atoms with E-state index in [1.54, 1.807) is 0 Å². The van der Waals surface area contributed by atoms with Crippen molar-refractivity contribution in [1.29, 1.82) is 0 Å². The molecule has 94 valence electrons. The molecule has 0 spiro atoms. The predicted octanol–water partition coefficient (Wildman–Crippen LogP) is 2.05. The number of rotatable bonds is 4. The second-order valence-corrected chi connectivity index (χ2v) is 3.59. The van der Waals surface area contributed by atoms with Crippen molar-refractivity contribution in [2.45, 2.75) is 6.42 Å². The third kappa shape index (κ3) is 2.98. The fourth-order valence-corrected chi connectivity index (χ4v) is 1.35. The molecular formula is C12H11F2N3O. The van der Waals surface area contributed by atoms with Gasteiger partial charge in [0.05, 0.1) is 0 Å². The molecule has 0 radical (unpaired) electrons. The maximum absolute atomic E-state index is 13.3. The highest BCUT2D eigenvalue weighted by Gasteiger charge is 2.08. The van der Waals surface area contributed by atoms with Crippen LogP contribution in [0.25, 0.3) is 0 Å². The SMILES string of the molecule is NCCc1cnc(Oc2cc(F)ccc2F)nc1. The molecule has 4 nitrogen and oxygen atoms in total. The molecule has 0 saturated heterocycles. The molecule has 2 rings (SSSR count). The highest BCUT2D eigenvalue weighted by atomic mass is 19.1. The van der Waals surface area contributed by atoms with Gasteiger partial charge in [0.2, 0.25) is 0 Å². The van der Waals surface area contributed by atoms with Gasteiger partial charge in [0, 0.05) is 18.5 Å². The highest BCUT2D eigenvalue weighted by Crippen LogP contribution is 2.22. The number of nitrogens with two attached hydrogens (primary N) is 1. The molecule has 0 saturated carbocycles. The van der Waals surface area contributed by atoms with Crippen LogP contribution in [0.2, 0.25) is 0 Å². The molecule has 2 N–H and O–H groups in total. The molecule has 0 aliphatic rings. The van der Waals surface area contributed by atoms with Gasteiger partial charge in [-0.3, -0.25) is 0 Å². The largest absolute Gasteiger partial charge is 0.421 e. The van der Waals surface area contributed by atoms with Crippen molar-refractivity contribution >= 4 is 0 Å². The zero-order chi connectivity index (χ0) is 13.0. The average Bonchev–Trinajstić information content (AvgIpc) is 2.37. The Morgan fingerprint density at radius 2 is 1.89 bits per heavy atom. The molecule has 0 unspecified atom stereocenters. The van der Waals surface area contributed by atoms with Crippen LogP contribution in [-0.4, -0.2) is 16.5 Å². The van der Waals surface area contributed by atoms with Gasteiger partial charge in [-0.05, 0) is 30.7 Å². The van der Waals surface area contributed by atoms with Crippen LogP contribution in [0.3, 0.4) is 0 Å². The summed E-state index contributed by atoms with van der Waals surface area (Å²) < 4.78 is 31.3.